The smallest absolute Gasteiger partial charge is 0.128 e. The molecular formula is C7H6O2. The molecule has 0 spiro atoms. The van der Waals surface area contributed by atoms with Crippen LogP contribution in [0.4, 0.5) is 0 Å². The van der Waals surface area contributed by atoms with Crippen molar-refractivity contribution in [2.24, 2.45) is 0 Å². The Hall–Kier alpha value is -1.27. The van der Waals surface area contributed by atoms with Gasteiger partial charge in [0, 0.05) is 12.0 Å². The fourth-order valence-electron chi connectivity index (χ4n) is 0.658. The maximum Gasteiger partial charge on any atom is 0.128 e. The van der Waals surface area contributed by atoms with Crippen LogP contribution in [0.3, 0.4) is 0 Å². The summed E-state index contributed by atoms with van der Waals surface area (Å²) in [5, 5.41) is 8.82. The highest BCUT2D eigenvalue weighted by Gasteiger charge is 2.00. The third-order valence-corrected chi connectivity index (χ3v) is 1.09. The molecule has 0 saturated carbocycles. The molecule has 0 aromatic rings. The molecule has 0 radical (unpaired) electrons. The van der Waals surface area contributed by atoms with Gasteiger partial charge in [-0.1, -0.05) is 6.08 Å². The number of hydrogen-bond donors (Lipinski definition) is 1. The first-order valence-electron chi connectivity index (χ1n) is 2.63. The largest absolute Gasteiger partial charge is 0.512 e. The van der Waals surface area contributed by atoms with E-state index < -0.39 is 0 Å². The molecule has 1 aliphatic rings. The van der Waals surface area contributed by atoms with Crippen molar-refractivity contribution in [2.75, 3.05) is 0 Å². The first-order valence-corrected chi connectivity index (χ1v) is 2.63. The highest BCUT2D eigenvalue weighted by Crippen LogP contribution is 2.11. The van der Waals surface area contributed by atoms with Crippen LogP contribution in [0.15, 0.2) is 29.6 Å². The summed E-state index contributed by atoms with van der Waals surface area (Å²) in [6.45, 7) is 0. The van der Waals surface area contributed by atoms with Crippen molar-refractivity contribution in [3.8, 4) is 0 Å². The molecule has 2 heteroatoms. The summed E-state index contributed by atoms with van der Waals surface area (Å²) in [5.41, 5.74) is 0.495. The maximum absolute atomic E-state index is 9.95. The van der Waals surface area contributed by atoms with Crippen LogP contribution in [-0.2, 0) is 4.79 Å². The van der Waals surface area contributed by atoms with Crippen LogP contribution in [0, 0.1) is 0 Å². The quantitative estimate of drug-likeness (QED) is 0.489. The molecule has 0 fully saturated rings. The van der Waals surface area contributed by atoms with Crippen molar-refractivity contribution >= 4 is 5.94 Å². The van der Waals surface area contributed by atoms with Crippen LogP contribution >= 0.6 is 0 Å². The van der Waals surface area contributed by atoms with E-state index in [0.29, 0.717) is 12.0 Å². The van der Waals surface area contributed by atoms with Gasteiger partial charge < -0.3 is 5.11 Å². The number of carbonyl (C=O) groups excluding carboxylic acids is 1. The van der Waals surface area contributed by atoms with Gasteiger partial charge in [0.15, 0.2) is 0 Å². The number of rotatable bonds is 0. The van der Waals surface area contributed by atoms with Gasteiger partial charge >= 0.3 is 0 Å². The second-order valence-corrected chi connectivity index (χ2v) is 1.82. The SMILES string of the molecule is O=C=C1C=CC=C(O)C1. The fourth-order valence-corrected chi connectivity index (χ4v) is 0.658. The van der Waals surface area contributed by atoms with Crippen LogP contribution in [0.5, 0.6) is 0 Å². The Kier molecular flexibility index (Phi) is 1.52. The third-order valence-electron chi connectivity index (χ3n) is 1.09. The lowest BCUT2D eigenvalue weighted by molar-refractivity contribution is 0.398. The average Bonchev–Trinajstić information content (AvgIpc) is 1.88. The normalized spacial score (nSPS) is 16.9. The topological polar surface area (TPSA) is 37.3 Å². The molecular weight excluding hydrogens is 116 g/mol. The molecule has 0 heterocycles. The van der Waals surface area contributed by atoms with Crippen LogP contribution < -0.4 is 0 Å². The van der Waals surface area contributed by atoms with Gasteiger partial charge in [0.1, 0.15) is 5.94 Å². The summed E-state index contributed by atoms with van der Waals surface area (Å²) < 4.78 is 0. The Balaban J connectivity index is 2.85. The fraction of sp³-hybridized carbons (Fsp3) is 0.143. The number of allylic oxidation sites excluding steroid dienone is 4. The Morgan fingerprint density at radius 3 is 2.89 bits per heavy atom. The van der Waals surface area contributed by atoms with Crippen LogP contribution in [0.25, 0.3) is 0 Å². The van der Waals surface area contributed by atoms with Gasteiger partial charge in [-0.3, -0.25) is 0 Å². The van der Waals surface area contributed by atoms with E-state index >= 15 is 0 Å². The lowest BCUT2D eigenvalue weighted by Crippen LogP contribution is -1.88. The molecule has 0 saturated heterocycles. The minimum Gasteiger partial charge on any atom is -0.512 e. The zero-order chi connectivity index (χ0) is 6.69. The molecule has 0 aromatic heterocycles. The van der Waals surface area contributed by atoms with Crippen molar-refractivity contribution in [1.82, 2.24) is 0 Å². The van der Waals surface area contributed by atoms with Gasteiger partial charge in [0.2, 0.25) is 0 Å². The molecule has 2 nitrogen and oxygen atoms in total. The average molecular weight is 122 g/mol. The van der Waals surface area contributed by atoms with Crippen LogP contribution in [0.1, 0.15) is 6.42 Å². The molecule has 0 amide bonds. The van der Waals surface area contributed by atoms with Crippen LogP contribution in [0.2, 0.25) is 0 Å². The molecule has 9 heavy (non-hydrogen) atoms. The second-order valence-electron chi connectivity index (χ2n) is 1.82. The first-order chi connectivity index (χ1) is 4.33. The van der Waals surface area contributed by atoms with E-state index in [0.717, 1.165) is 0 Å². The summed E-state index contributed by atoms with van der Waals surface area (Å²) in [4.78, 5) is 9.95. The van der Waals surface area contributed by atoms with Gasteiger partial charge in [-0.2, -0.15) is 0 Å². The zero-order valence-corrected chi connectivity index (χ0v) is 4.79. The molecule has 1 N–H and O–H groups in total. The maximum atomic E-state index is 9.95. The Labute approximate surface area is 52.8 Å². The minimum absolute atomic E-state index is 0.218. The number of aliphatic hydroxyl groups is 1. The highest BCUT2D eigenvalue weighted by atomic mass is 16.3. The summed E-state index contributed by atoms with van der Waals surface area (Å²) in [6.07, 6.45) is 5.13. The Bertz CT molecular complexity index is 217. The monoisotopic (exact) mass is 122 g/mol. The van der Waals surface area contributed by atoms with Gasteiger partial charge in [0.25, 0.3) is 0 Å². The van der Waals surface area contributed by atoms with E-state index in [9.17, 15) is 4.79 Å². The molecule has 0 unspecified atom stereocenters. The van der Waals surface area contributed by atoms with Gasteiger partial charge in [-0.25, -0.2) is 4.79 Å². The summed E-state index contributed by atoms with van der Waals surface area (Å²) in [5.74, 6) is 1.93. The molecule has 0 aromatic carbocycles. The van der Waals surface area contributed by atoms with Crippen molar-refractivity contribution in [3.63, 3.8) is 0 Å². The predicted octanol–water partition coefficient (Wildman–Crippen LogP) is 1.15. The molecule has 0 aliphatic heterocycles. The van der Waals surface area contributed by atoms with E-state index in [-0.39, 0.29) is 5.76 Å². The first kappa shape index (κ1) is 5.86. The van der Waals surface area contributed by atoms with Crippen molar-refractivity contribution in [1.29, 1.82) is 0 Å². The summed E-state index contributed by atoms with van der Waals surface area (Å²) in [6, 6.07) is 0. The van der Waals surface area contributed by atoms with Crippen molar-refractivity contribution in [2.45, 2.75) is 6.42 Å². The van der Waals surface area contributed by atoms with Gasteiger partial charge in [0.05, 0.1) is 5.76 Å². The third kappa shape index (κ3) is 1.31. The summed E-state index contributed by atoms with van der Waals surface area (Å²) >= 11 is 0. The lowest BCUT2D eigenvalue weighted by Gasteiger charge is -1.99. The minimum atomic E-state index is 0.218. The van der Waals surface area contributed by atoms with E-state index in [4.69, 9.17) is 5.11 Å². The van der Waals surface area contributed by atoms with E-state index in [1.54, 1.807) is 24.2 Å². The Morgan fingerprint density at radius 1 is 1.67 bits per heavy atom. The van der Waals surface area contributed by atoms with Gasteiger partial charge in [-0.05, 0) is 12.2 Å². The van der Waals surface area contributed by atoms with E-state index in [2.05, 4.69) is 0 Å². The molecule has 0 bridgehead atoms. The second kappa shape index (κ2) is 2.33. The molecule has 46 valence electrons. The number of aliphatic hydroxyl groups excluding tert-OH is 1. The van der Waals surface area contributed by atoms with E-state index in [1.807, 2.05) is 0 Å². The molecule has 1 rings (SSSR count). The number of hydrogen-bond acceptors (Lipinski definition) is 2. The Morgan fingerprint density at radius 2 is 2.44 bits per heavy atom. The van der Waals surface area contributed by atoms with Crippen LogP contribution in [-0.4, -0.2) is 11.0 Å². The highest BCUT2D eigenvalue weighted by molar-refractivity contribution is 5.59. The standard InChI is InChI=1S/C7H6O2/c8-5-6-2-1-3-7(9)4-6/h1-3,9H,4H2. The lowest BCUT2D eigenvalue weighted by atomic mass is 10.1. The van der Waals surface area contributed by atoms with Crippen molar-refractivity contribution in [3.05, 3.63) is 29.6 Å². The van der Waals surface area contributed by atoms with Crippen molar-refractivity contribution < 1.29 is 9.90 Å². The van der Waals surface area contributed by atoms with Gasteiger partial charge in [-0.15, -0.1) is 0 Å². The van der Waals surface area contributed by atoms with E-state index in [1.165, 1.54) is 0 Å². The molecule has 0 atom stereocenters. The summed E-state index contributed by atoms with van der Waals surface area (Å²) in [7, 11) is 0. The molecule has 1 aliphatic carbocycles. The zero-order valence-electron chi connectivity index (χ0n) is 4.79. The predicted molar refractivity (Wildman–Crippen MR) is 33.7 cm³/mol.